The molecular weight excluding hydrogens is 120 g/mol. The van der Waals surface area contributed by atoms with Crippen molar-refractivity contribution in [2.24, 2.45) is 17.8 Å². The maximum atomic E-state index is 3.86. The highest BCUT2D eigenvalue weighted by atomic mass is 14.3. The van der Waals surface area contributed by atoms with Crippen molar-refractivity contribution in [3.63, 3.8) is 0 Å². The van der Waals surface area contributed by atoms with Crippen LogP contribution < -0.4 is 0 Å². The summed E-state index contributed by atoms with van der Waals surface area (Å²) in [6, 6.07) is 0. The molecule has 0 bridgehead atoms. The number of rotatable bonds is 2. The summed E-state index contributed by atoms with van der Waals surface area (Å²) in [6.07, 6.45) is 6.31. The molecule has 0 nitrogen and oxygen atoms in total. The zero-order valence-electron chi connectivity index (χ0n) is 7.14. The second-order valence-corrected chi connectivity index (χ2v) is 3.62. The average molecular weight is 138 g/mol. The standard InChI is InChI=1S/C10H18/c1-4-9-6-8(3)10(5-2)7-9/h5,8-10H,2,4,6-7H2,1,3H3. The Morgan fingerprint density at radius 3 is 2.50 bits per heavy atom. The summed E-state index contributed by atoms with van der Waals surface area (Å²) in [5, 5.41) is 0. The van der Waals surface area contributed by atoms with E-state index in [1.54, 1.807) is 0 Å². The van der Waals surface area contributed by atoms with Gasteiger partial charge in [-0.3, -0.25) is 0 Å². The Morgan fingerprint density at radius 1 is 1.50 bits per heavy atom. The van der Waals surface area contributed by atoms with Gasteiger partial charge in [-0.25, -0.2) is 0 Å². The second kappa shape index (κ2) is 3.23. The van der Waals surface area contributed by atoms with Gasteiger partial charge in [-0.15, -0.1) is 6.58 Å². The molecule has 0 aliphatic heterocycles. The van der Waals surface area contributed by atoms with Crippen molar-refractivity contribution in [1.82, 2.24) is 0 Å². The number of hydrogen-bond donors (Lipinski definition) is 0. The Kier molecular flexibility index (Phi) is 2.53. The van der Waals surface area contributed by atoms with Crippen LogP contribution in [-0.4, -0.2) is 0 Å². The summed E-state index contributed by atoms with van der Waals surface area (Å²) < 4.78 is 0. The van der Waals surface area contributed by atoms with E-state index < -0.39 is 0 Å². The molecule has 1 aliphatic carbocycles. The minimum Gasteiger partial charge on any atom is -0.103 e. The molecule has 0 spiro atoms. The lowest BCUT2D eigenvalue weighted by molar-refractivity contribution is 0.494. The minimum absolute atomic E-state index is 0.810. The maximum absolute atomic E-state index is 3.86. The van der Waals surface area contributed by atoms with Crippen LogP contribution in [0.1, 0.15) is 33.1 Å². The summed E-state index contributed by atoms with van der Waals surface area (Å²) in [7, 11) is 0. The van der Waals surface area contributed by atoms with E-state index in [9.17, 15) is 0 Å². The fraction of sp³-hybridized carbons (Fsp3) is 0.800. The van der Waals surface area contributed by atoms with Crippen LogP contribution in [0.4, 0.5) is 0 Å². The molecule has 0 heteroatoms. The fourth-order valence-electron chi connectivity index (χ4n) is 2.08. The Hall–Kier alpha value is -0.260. The third-order valence-corrected chi connectivity index (χ3v) is 2.92. The molecule has 0 radical (unpaired) electrons. The third-order valence-electron chi connectivity index (χ3n) is 2.92. The Bertz CT molecular complexity index is 115. The molecule has 0 saturated heterocycles. The van der Waals surface area contributed by atoms with E-state index in [0.717, 1.165) is 17.8 Å². The van der Waals surface area contributed by atoms with Gasteiger partial charge in [0.1, 0.15) is 0 Å². The lowest BCUT2D eigenvalue weighted by Crippen LogP contribution is -1.97. The fourth-order valence-corrected chi connectivity index (χ4v) is 2.08. The van der Waals surface area contributed by atoms with Crippen LogP contribution in [0.3, 0.4) is 0 Å². The van der Waals surface area contributed by atoms with Gasteiger partial charge in [0.05, 0.1) is 0 Å². The zero-order chi connectivity index (χ0) is 7.56. The Labute approximate surface area is 64.3 Å². The van der Waals surface area contributed by atoms with Gasteiger partial charge in [0.15, 0.2) is 0 Å². The van der Waals surface area contributed by atoms with E-state index >= 15 is 0 Å². The molecule has 58 valence electrons. The highest BCUT2D eigenvalue weighted by Gasteiger charge is 2.27. The first-order valence-electron chi connectivity index (χ1n) is 4.40. The smallest absolute Gasteiger partial charge is 0.0208 e. The topological polar surface area (TPSA) is 0 Å². The summed E-state index contributed by atoms with van der Waals surface area (Å²) in [5.74, 6) is 2.69. The largest absolute Gasteiger partial charge is 0.103 e. The molecule has 3 atom stereocenters. The summed E-state index contributed by atoms with van der Waals surface area (Å²) in [4.78, 5) is 0. The highest BCUT2D eigenvalue weighted by molar-refractivity contribution is 4.90. The van der Waals surface area contributed by atoms with E-state index in [0.29, 0.717) is 0 Å². The van der Waals surface area contributed by atoms with E-state index in [1.807, 2.05) is 0 Å². The molecule has 0 aromatic carbocycles. The van der Waals surface area contributed by atoms with Gasteiger partial charge in [-0.05, 0) is 30.6 Å². The third kappa shape index (κ3) is 1.42. The van der Waals surface area contributed by atoms with Crippen LogP contribution in [0.5, 0.6) is 0 Å². The molecule has 0 aromatic rings. The number of allylic oxidation sites excluding steroid dienone is 1. The van der Waals surface area contributed by atoms with Crippen LogP contribution in [0.2, 0.25) is 0 Å². The first-order chi connectivity index (χ1) is 4.77. The summed E-state index contributed by atoms with van der Waals surface area (Å²) in [6.45, 7) is 8.51. The zero-order valence-corrected chi connectivity index (χ0v) is 7.14. The van der Waals surface area contributed by atoms with Crippen LogP contribution >= 0.6 is 0 Å². The van der Waals surface area contributed by atoms with Gasteiger partial charge >= 0.3 is 0 Å². The normalized spacial score (nSPS) is 40.0. The summed E-state index contributed by atoms with van der Waals surface area (Å²) in [5.41, 5.74) is 0. The van der Waals surface area contributed by atoms with Gasteiger partial charge in [0, 0.05) is 0 Å². The molecule has 0 aromatic heterocycles. The summed E-state index contributed by atoms with van der Waals surface area (Å²) >= 11 is 0. The monoisotopic (exact) mass is 138 g/mol. The van der Waals surface area contributed by atoms with Crippen LogP contribution in [0, 0.1) is 17.8 Å². The van der Waals surface area contributed by atoms with Crippen molar-refractivity contribution < 1.29 is 0 Å². The van der Waals surface area contributed by atoms with Crippen molar-refractivity contribution in [2.45, 2.75) is 33.1 Å². The molecule has 1 rings (SSSR count). The average Bonchev–Trinajstić information content (AvgIpc) is 2.30. The maximum Gasteiger partial charge on any atom is -0.0208 e. The molecule has 0 N–H and O–H groups in total. The van der Waals surface area contributed by atoms with Gasteiger partial charge in [0.2, 0.25) is 0 Å². The van der Waals surface area contributed by atoms with Gasteiger partial charge < -0.3 is 0 Å². The molecule has 10 heavy (non-hydrogen) atoms. The SMILES string of the molecule is C=CC1CC(CC)CC1C. The Morgan fingerprint density at radius 2 is 2.20 bits per heavy atom. The van der Waals surface area contributed by atoms with Crippen LogP contribution in [-0.2, 0) is 0 Å². The van der Waals surface area contributed by atoms with E-state index in [4.69, 9.17) is 0 Å². The Balaban J connectivity index is 2.43. The quantitative estimate of drug-likeness (QED) is 0.514. The van der Waals surface area contributed by atoms with E-state index in [-0.39, 0.29) is 0 Å². The first kappa shape index (κ1) is 7.84. The first-order valence-corrected chi connectivity index (χ1v) is 4.40. The highest BCUT2D eigenvalue weighted by Crippen LogP contribution is 2.37. The molecule has 1 saturated carbocycles. The van der Waals surface area contributed by atoms with Crippen LogP contribution in [0.15, 0.2) is 12.7 Å². The molecule has 1 fully saturated rings. The van der Waals surface area contributed by atoms with Crippen molar-refractivity contribution in [3.8, 4) is 0 Å². The molecule has 0 heterocycles. The van der Waals surface area contributed by atoms with E-state index in [2.05, 4.69) is 26.5 Å². The predicted molar refractivity (Wildman–Crippen MR) is 45.9 cm³/mol. The van der Waals surface area contributed by atoms with Crippen molar-refractivity contribution in [2.75, 3.05) is 0 Å². The lowest BCUT2D eigenvalue weighted by atomic mass is 9.99. The van der Waals surface area contributed by atoms with Crippen molar-refractivity contribution >= 4 is 0 Å². The van der Waals surface area contributed by atoms with Gasteiger partial charge in [-0.2, -0.15) is 0 Å². The lowest BCUT2D eigenvalue weighted by Gasteiger charge is -2.06. The van der Waals surface area contributed by atoms with E-state index in [1.165, 1.54) is 19.3 Å². The number of hydrogen-bond acceptors (Lipinski definition) is 0. The van der Waals surface area contributed by atoms with Gasteiger partial charge in [-0.1, -0.05) is 26.3 Å². The van der Waals surface area contributed by atoms with Gasteiger partial charge in [0.25, 0.3) is 0 Å². The second-order valence-electron chi connectivity index (χ2n) is 3.62. The van der Waals surface area contributed by atoms with Crippen molar-refractivity contribution in [3.05, 3.63) is 12.7 Å². The molecule has 0 amide bonds. The minimum atomic E-state index is 0.810. The molecule has 3 unspecified atom stereocenters. The molecular formula is C10H18. The van der Waals surface area contributed by atoms with Crippen molar-refractivity contribution in [1.29, 1.82) is 0 Å². The van der Waals surface area contributed by atoms with Crippen LogP contribution in [0.25, 0.3) is 0 Å². The molecule has 1 aliphatic rings. The predicted octanol–water partition coefficient (Wildman–Crippen LogP) is 3.24.